The van der Waals surface area contributed by atoms with Gasteiger partial charge in [-0.3, -0.25) is 0 Å². The fourth-order valence-electron chi connectivity index (χ4n) is 1.41. The molecule has 0 fully saturated rings. The summed E-state index contributed by atoms with van der Waals surface area (Å²) in [7, 11) is 0. The van der Waals surface area contributed by atoms with Gasteiger partial charge in [-0.1, -0.05) is 13.8 Å². The zero-order chi connectivity index (χ0) is 16.1. The van der Waals surface area contributed by atoms with Gasteiger partial charge in [-0.15, -0.1) is 0 Å². The van der Waals surface area contributed by atoms with Crippen molar-refractivity contribution in [2.24, 2.45) is 0 Å². The van der Waals surface area contributed by atoms with E-state index in [1.165, 1.54) is 6.07 Å². The molecule has 3 N–H and O–H groups in total. The van der Waals surface area contributed by atoms with Gasteiger partial charge in [0.1, 0.15) is 11.6 Å². The van der Waals surface area contributed by atoms with Crippen molar-refractivity contribution in [3.05, 3.63) is 11.9 Å². The molecule has 21 heavy (non-hydrogen) atoms. The van der Waals surface area contributed by atoms with Gasteiger partial charge < -0.3 is 15.7 Å². The normalized spacial score (nSPS) is 14.6. The fraction of sp³-hybridized carbons (Fsp3) is 0.692. The predicted octanol–water partition coefficient (Wildman–Crippen LogP) is 2.89. The number of nitrogens with zero attached hydrogens (tertiary/aromatic N) is 2. The van der Waals surface area contributed by atoms with Crippen molar-refractivity contribution in [3.63, 3.8) is 0 Å². The van der Waals surface area contributed by atoms with Crippen molar-refractivity contribution in [2.75, 3.05) is 23.7 Å². The molecule has 1 aromatic heterocycles. The Kier molecular flexibility index (Phi) is 5.77. The van der Waals surface area contributed by atoms with Gasteiger partial charge in [-0.05, 0) is 19.8 Å². The molecule has 0 aliphatic rings. The maximum absolute atomic E-state index is 12.8. The number of aliphatic hydroxyl groups is 1. The Morgan fingerprint density at radius 1 is 1.14 bits per heavy atom. The van der Waals surface area contributed by atoms with Crippen LogP contribution >= 0.6 is 0 Å². The van der Waals surface area contributed by atoms with Gasteiger partial charge in [-0.2, -0.15) is 13.2 Å². The molecule has 0 aliphatic carbocycles. The zero-order valence-corrected chi connectivity index (χ0v) is 12.4. The maximum Gasteiger partial charge on any atom is 0.451 e. The molecule has 0 bridgehead atoms. The van der Waals surface area contributed by atoms with Crippen molar-refractivity contribution in [2.45, 2.75) is 45.4 Å². The van der Waals surface area contributed by atoms with E-state index in [1.807, 2.05) is 6.92 Å². The second-order valence-electron chi connectivity index (χ2n) is 5.09. The van der Waals surface area contributed by atoms with Crippen LogP contribution in [0, 0.1) is 0 Å². The van der Waals surface area contributed by atoms with Crippen LogP contribution in [0.25, 0.3) is 0 Å². The Bertz CT molecular complexity index is 463. The molecule has 0 amide bonds. The van der Waals surface area contributed by atoms with Crippen molar-refractivity contribution in [3.8, 4) is 0 Å². The highest BCUT2D eigenvalue weighted by atomic mass is 19.4. The molecule has 1 rings (SSSR count). The standard InChI is InChI=1S/C13H21F3N4O/c1-4-6-17-9-7-10(18-8-12(3,21)5-2)20-11(19-9)13(14,15)16/h7,21H,4-6,8H2,1-3H3,(H2,17,18,19,20). The number of hydrogen-bond acceptors (Lipinski definition) is 5. The largest absolute Gasteiger partial charge is 0.451 e. The molecule has 5 nitrogen and oxygen atoms in total. The van der Waals surface area contributed by atoms with Crippen LogP contribution in [0.4, 0.5) is 24.8 Å². The van der Waals surface area contributed by atoms with Crippen LogP contribution in [0.1, 0.15) is 39.4 Å². The van der Waals surface area contributed by atoms with Crippen molar-refractivity contribution in [1.82, 2.24) is 9.97 Å². The molecule has 0 saturated carbocycles. The first-order chi connectivity index (χ1) is 9.68. The van der Waals surface area contributed by atoms with E-state index in [0.717, 1.165) is 6.42 Å². The smallest absolute Gasteiger partial charge is 0.388 e. The number of halogens is 3. The van der Waals surface area contributed by atoms with Gasteiger partial charge in [0.25, 0.3) is 0 Å². The minimum atomic E-state index is -4.62. The maximum atomic E-state index is 12.8. The summed E-state index contributed by atoms with van der Waals surface area (Å²) < 4.78 is 38.3. The van der Waals surface area contributed by atoms with Crippen LogP contribution in [-0.2, 0) is 6.18 Å². The Hall–Kier alpha value is -1.57. The number of anilines is 2. The summed E-state index contributed by atoms with van der Waals surface area (Å²) >= 11 is 0. The third-order valence-electron chi connectivity index (χ3n) is 2.95. The lowest BCUT2D eigenvalue weighted by Gasteiger charge is -2.22. The summed E-state index contributed by atoms with van der Waals surface area (Å²) in [6.07, 6.45) is -3.38. The first kappa shape index (κ1) is 17.5. The number of nitrogens with one attached hydrogen (secondary N) is 2. The summed E-state index contributed by atoms with van der Waals surface area (Å²) in [5.74, 6) is -1.07. The topological polar surface area (TPSA) is 70.1 Å². The lowest BCUT2D eigenvalue weighted by Crippen LogP contribution is -2.32. The Morgan fingerprint density at radius 2 is 1.71 bits per heavy atom. The quantitative estimate of drug-likeness (QED) is 0.722. The molecule has 0 radical (unpaired) electrons. The Balaban J connectivity index is 2.96. The van der Waals surface area contributed by atoms with E-state index in [9.17, 15) is 18.3 Å². The van der Waals surface area contributed by atoms with E-state index < -0.39 is 17.6 Å². The predicted molar refractivity (Wildman–Crippen MR) is 75.2 cm³/mol. The summed E-state index contributed by atoms with van der Waals surface area (Å²) in [5.41, 5.74) is -1.01. The average Bonchev–Trinajstić information content (AvgIpc) is 2.42. The molecule has 120 valence electrons. The highest BCUT2D eigenvalue weighted by Gasteiger charge is 2.35. The molecule has 0 aliphatic heterocycles. The minimum Gasteiger partial charge on any atom is -0.388 e. The van der Waals surface area contributed by atoms with Crippen LogP contribution in [0.15, 0.2) is 6.07 Å². The van der Waals surface area contributed by atoms with Gasteiger partial charge >= 0.3 is 6.18 Å². The van der Waals surface area contributed by atoms with Gasteiger partial charge in [0.05, 0.1) is 5.60 Å². The number of rotatable bonds is 7. The molecule has 1 unspecified atom stereocenters. The van der Waals surface area contributed by atoms with Crippen LogP contribution in [-0.4, -0.2) is 33.8 Å². The van der Waals surface area contributed by atoms with E-state index in [2.05, 4.69) is 20.6 Å². The Morgan fingerprint density at radius 3 is 2.19 bits per heavy atom. The molecule has 0 spiro atoms. The highest BCUT2D eigenvalue weighted by Crippen LogP contribution is 2.28. The van der Waals surface area contributed by atoms with Gasteiger partial charge in [0.15, 0.2) is 0 Å². The highest BCUT2D eigenvalue weighted by molar-refractivity contribution is 5.48. The monoisotopic (exact) mass is 306 g/mol. The van der Waals surface area contributed by atoms with Gasteiger partial charge in [0, 0.05) is 19.2 Å². The molecule has 1 heterocycles. The third kappa shape index (κ3) is 5.74. The zero-order valence-electron chi connectivity index (χ0n) is 12.4. The number of alkyl halides is 3. The molecular weight excluding hydrogens is 285 g/mol. The first-order valence-corrected chi connectivity index (χ1v) is 6.84. The molecule has 1 atom stereocenters. The summed E-state index contributed by atoms with van der Waals surface area (Å²) in [5, 5.41) is 15.4. The van der Waals surface area contributed by atoms with E-state index in [0.29, 0.717) is 13.0 Å². The fourth-order valence-corrected chi connectivity index (χ4v) is 1.41. The van der Waals surface area contributed by atoms with Gasteiger partial charge in [-0.25, -0.2) is 9.97 Å². The second kappa shape index (κ2) is 6.93. The summed E-state index contributed by atoms with van der Waals surface area (Å²) in [6, 6.07) is 1.40. The summed E-state index contributed by atoms with van der Waals surface area (Å²) in [4.78, 5) is 6.91. The second-order valence-corrected chi connectivity index (χ2v) is 5.09. The first-order valence-electron chi connectivity index (χ1n) is 6.84. The minimum absolute atomic E-state index is 0.0321. The number of aromatic nitrogens is 2. The van der Waals surface area contributed by atoms with E-state index in [4.69, 9.17) is 0 Å². The molecule has 1 aromatic rings. The SMILES string of the molecule is CCCNc1cc(NCC(C)(O)CC)nc(C(F)(F)F)n1. The van der Waals surface area contributed by atoms with Crippen molar-refractivity contribution < 1.29 is 18.3 Å². The lowest BCUT2D eigenvalue weighted by atomic mass is 10.0. The van der Waals surface area contributed by atoms with Crippen LogP contribution in [0.3, 0.4) is 0 Å². The van der Waals surface area contributed by atoms with E-state index in [1.54, 1.807) is 13.8 Å². The van der Waals surface area contributed by atoms with E-state index >= 15 is 0 Å². The molecule has 0 saturated heterocycles. The molecular formula is C13H21F3N4O. The van der Waals surface area contributed by atoms with Crippen LogP contribution < -0.4 is 10.6 Å². The Labute approximate surface area is 122 Å². The molecule has 0 aromatic carbocycles. The summed E-state index contributed by atoms with van der Waals surface area (Å²) in [6.45, 7) is 5.90. The molecule has 8 heteroatoms. The van der Waals surface area contributed by atoms with Crippen molar-refractivity contribution >= 4 is 11.6 Å². The van der Waals surface area contributed by atoms with Crippen LogP contribution in [0.5, 0.6) is 0 Å². The number of hydrogen-bond donors (Lipinski definition) is 3. The van der Waals surface area contributed by atoms with Crippen molar-refractivity contribution in [1.29, 1.82) is 0 Å². The van der Waals surface area contributed by atoms with E-state index in [-0.39, 0.29) is 18.2 Å². The lowest BCUT2D eigenvalue weighted by molar-refractivity contribution is -0.144. The third-order valence-corrected chi connectivity index (χ3v) is 2.95. The van der Waals surface area contributed by atoms with Gasteiger partial charge in [0.2, 0.25) is 5.82 Å². The van der Waals surface area contributed by atoms with Crippen LogP contribution in [0.2, 0.25) is 0 Å². The average molecular weight is 306 g/mol.